The Morgan fingerprint density at radius 1 is 1.33 bits per heavy atom. The molecular weight excluding hydrogens is 310 g/mol. The molecule has 3 N–H and O–H groups in total. The number of aromatic hydroxyl groups is 1. The van der Waals surface area contributed by atoms with E-state index in [4.69, 9.17) is 9.47 Å². The Morgan fingerprint density at radius 2 is 2.00 bits per heavy atom. The summed E-state index contributed by atoms with van der Waals surface area (Å²) >= 11 is 0. The van der Waals surface area contributed by atoms with E-state index < -0.39 is 11.7 Å². The van der Waals surface area contributed by atoms with Crippen molar-refractivity contribution in [1.29, 1.82) is 0 Å². The van der Waals surface area contributed by atoms with Gasteiger partial charge in [0.15, 0.2) is 11.5 Å². The van der Waals surface area contributed by atoms with E-state index >= 15 is 0 Å². The summed E-state index contributed by atoms with van der Waals surface area (Å²) in [7, 11) is 1.49. The van der Waals surface area contributed by atoms with Gasteiger partial charge in [-0.05, 0) is 38.5 Å². The van der Waals surface area contributed by atoms with Crippen molar-refractivity contribution in [2.75, 3.05) is 38.6 Å². The molecule has 1 fully saturated rings. The summed E-state index contributed by atoms with van der Waals surface area (Å²) in [5, 5.41) is 16.2. The zero-order chi connectivity index (χ0) is 17.7. The van der Waals surface area contributed by atoms with Crippen LogP contribution in [0.2, 0.25) is 0 Å². The molecule has 1 amide bonds. The number of amides is 1. The van der Waals surface area contributed by atoms with Crippen LogP contribution in [0.4, 0.5) is 10.5 Å². The van der Waals surface area contributed by atoms with Gasteiger partial charge in [-0.2, -0.15) is 0 Å². The molecule has 0 atom stereocenters. The number of nitrogens with zero attached hydrogens (tertiary/aromatic N) is 1. The first kappa shape index (κ1) is 18.4. The van der Waals surface area contributed by atoms with Crippen molar-refractivity contribution in [2.45, 2.75) is 32.9 Å². The topological polar surface area (TPSA) is 83.1 Å². The Balaban J connectivity index is 2.16. The lowest BCUT2D eigenvalue weighted by Gasteiger charge is -2.27. The van der Waals surface area contributed by atoms with Crippen LogP contribution in [0.5, 0.6) is 11.5 Å². The molecular formula is C17H27N3O4. The Hall–Kier alpha value is -1.99. The Kier molecular flexibility index (Phi) is 5.90. The Morgan fingerprint density at radius 3 is 2.58 bits per heavy atom. The van der Waals surface area contributed by atoms with Crippen molar-refractivity contribution in [1.82, 2.24) is 10.2 Å². The van der Waals surface area contributed by atoms with Gasteiger partial charge in [-0.15, -0.1) is 0 Å². The van der Waals surface area contributed by atoms with Crippen molar-refractivity contribution in [3.05, 3.63) is 17.7 Å². The van der Waals surface area contributed by atoms with Gasteiger partial charge in [0.25, 0.3) is 0 Å². The van der Waals surface area contributed by atoms with Crippen LogP contribution in [0.1, 0.15) is 26.3 Å². The lowest BCUT2D eigenvalue weighted by Crippen LogP contribution is -2.42. The number of hydrogen-bond acceptors (Lipinski definition) is 6. The van der Waals surface area contributed by atoms with Crippen molar-refractivity contribution < 1.29 is 19.4 Å². The van der Waals surface area contributed by atoms with E-state index in [2.05, 4.69) is 15.5 Å². The quantitative estimate of drug-likeness (QED) is 0.730. The number of carbonyl (C=O) groups excluding carboxylic acids is 1. The third kappa shape index (κ3) is 5.28. The number of anilines is 1. The fourth-order valence-corrected chi connectivity index (χ4v) is 2.55. The van der Waals surface area contributed by atoms with Crippen LogP contribution in [0.3, 0.4) is 0 Å². The zero-order valence-electron chi connectivity index (χ0n) is 14.8. The first-order valence-corrected chi connectivity index (χ1v) is 8.11. The number of ether oxygens (including phenoxy) is 2. The van der Waals surface area contributed by atoms with Crippen molar-refractivity contribution in [2.24, 2.45) is 0 Å². The van der Waals surface area contributed by atoms with E-state index in [1.54, 1.807) is 32.9 Å². The van der Waals surface area contributed by atoms with Crippen LogP contribution in [0.15, 0.2) is 12.1 Å². The number of phenols is 1. The molecule has 1 aromatic carbocycles. The summed E-state index contributed by atoms with van der Waals surface area (Å²) in [5.41, 5.74) is 0.633. The molecule has 7 heteroatoms. The van der Waals surface area contributed by atoms with Crippen molar-refractivity contribution in [3.63, 3.8) is 0 Å². The van der Waals surface area contributed by atoms with Gasteiger partial charge < -0.3 is 19.9 Å². The highest BCUT2D eigenvalue weighted by molar-refractivity contribution is 5.88. The first-order valence-electron chi connectivity index (χ1n) is 8.11. The van der Waals surface area contributed by atoms with Crippen LogP contribution in [-0.4, -0.2) is 55.0 Å². The van der Waals surface area contributed by atoms with E-state index in [1.807, 2.05) is 0 Å². The molecule has 0 unspecified atom stereocenters. The summed E-state index contributed by atoms with van der Waals surface area (Å²) in [5.74, 6) is 0.223. The highest BCUT2D eigenvalue weighted by atomic mass is 16.6. The number of nitrogens with one attached hydrogen (secondary N) is 2. The van der Waals surface area contributed by atoms with E-state index in [0.29, 0.717) is 5.75 Å². The van der Waals surface area contributed by atoms with E-state index in [0.717, 1.165) is 38.3 Å². The smallest absolute Gasteiger partial charge is 0.412 e. The minimum absolute atomic E-state index is 0.104. The number of rotatable bonds is 4. The second-order valence-electron chi connectivity index (χ2n) is 6.85. The highest BCUT2D eigenvalue weighted by Gasteiger charge is 2.20. The van der Waals surface area contributed by atoms with E-state index in [-0.39, 0.29) is 11.4 Å². The van der Waals surface area contributed by atoms with Crippen LogP contribution in [0, 0.1) is 0 Å². The molecule has 0 saturated carbocycles. The zero-order valence-corrected chi connectivity index (χ0v) is 14.8. The molecule has 2 rings (SSSR count). The largest absolute Gasteiger partial charge is 0.503 e. The molecule has 0 aromatic heterocycles. The van der Waals surface area contributed by atoms with Crippen molar-refractivity contribution in [3.8, 4) is 11.5 Å². The fourth-order valence-electron chi connectivity index (χ4n) is 2.55. The lowest BCUT2D eigenvalue weighted by molar-refractivity contribution is 0.0635. The highest BCUT2D eigenvalue weighted by Crippen LogP contribution is 2.36. The standard InChI is InChI=1S/C17H27N3O4/c1-17(2,3)24-16(22)19-13-9-12(10-14(23-4)15(13)21)11-20-7-5-18-6-8-20/h9-10,18,21H,5-8,11H2,1-4H3,(H,19,22). The van der Waals surface area contributed by atoms with Crippen molar-refractivity contribution >= 4 is 11.8 Å². The molecule has 1 aromatic rings. The normalized spacial score (nSPS) is 15.8. The van der Waals surface area contributed by atoms with Gasteiger partial charge in [0, 0.05) is 32.7 Å². The molecule has 0 aliphatic carbocycles. The molecule has 1 heterocycles. The average Bonchev–Trinajstić information content (AvgIpc) is 2.49. The molecule has 1 saturated heterocycles. The molecule has 0 spiro atoms. The van der Waals surface area contributed by atoms with E-state index in [1.165, 1.54) is 7.11 Å². The Bertz CT molecular complexity index is 578. The van der Waals surface area contributed by atoms with Gasteiger partial charge >= 0.3 is 6.09 Å². The van der Waals surface area contributed by atoms with E-state index in [9.17, 15) is 9.90 Å². The lowest BCUT2D eigenvalue weighted by atomic mass is 10.1. The SMILES string of the molecule is COc1cc(CN2CCNCC2)cc(NC(=O)OC(C)(C)C)c1O. The molecule has 134 valence electrons. The summed E-state index contributed by atoms with van der Waals surface area (Å²) < 4.78 is 10.5. The van der Waals surface area contributed by atoms with Gasteiger partial charge in [0.05, 0.1) is 12.8 Å². The molecule has 0 bridgehead atoms. The maximum Gasteiger partial charge on any atom is 0.412 e. The first-order chi connectivity index (χ1) is 11.3. The van der Waals surface area contributed by atoms with Gasteiger partial charge in [-0.3, -0.25) is 10.2 Å². The summed E-state index contributed by atoms with van der Waals surface area (Å²) in [6.45, 7) is 9.91. The number of hydrogen-bond donors (Lipinski definition) is 3. The van der Waals surface area contributed by atoms with Gasteiger partial charge in [-0.1, -0.05) is 0 Å². The maximum absolute atomic E-state index is 12.0. The maximum atomic E-state index is 12.0. The number of methoxy groups -OCH3 is 1. The molecule has 7 nitrogen and oxygen atoms in total. The number of carbonyl (C=O) groups is 1. The second-order valence-corrected chi connectivity index (χ2v) is 6.85. The van der Waals surface area contributed by atoms with Crippen LogP contribution in [-0.2, 0) is 11.3 Å². The number of phenolic OH excluding ortho intramolecular Hbond substituents is 1. The minimum atomic E-state index is -0.612. The Labute approximate surface area is 142 Å². The fraction of sp³-hybridized carbons (Fsp3) is 0.588. The van der Waals surface area contributed by atoms with Crippen LogP contribution in [0.25, 0.3) is 0 Å². The third-order valence-corrected chi connectivity index (χ3v) is 3.61. The van der Waals surface area contributed by atoms with Gasteiger partial charge in [0.2, 0.25) is 0 Å². The average molecular weight is 337 g/mol. The third-order valence-electron chi connectivity index (χ3n) is 3.61. The minimum Gasteiger partial charge on any atom is -0.503 e. The molecule has 0 radical (unpaired) electrons. The number of benzene rings is 1. The second kappa shape index (κ2) is 7.72. The molecule has 24 heavy (non-hydrogen) atoms. The summed E-state index contributed by atoms with van der Waals surface area (Å²) in [6.07, 6.45) is -0.612. The van der Waals surface area contributed by atoms with Gasteiger partial charge in [-0.25, -0.2) is 4.79 Å². The predicted octanol–water partition coefficient (Wildman–Crippen LogP) is 2.15. The summed E-state index contributed by atoms with van der Waals surface area (Å²) in [6, 6.07) is 3.54. The molecule has 1 aliphatic rings. The van der Waals surface area contributed by atoms with Gasteiger partial charge in [0.1, 0.15) is 5.60 Å². The van der Waals surface area contributed by atoms with Crippen LogP contribution >= 0.6 is 0 Å². The molecule has 1 aliphatic heterocycles. The predicted molar refractivity (Wildman–Crippen MR) is 92.7 cm³/mol. The number of piperazine rings is 1. The summed E-state index contributed by atoms with van der Waals surface area (Å²) in [4.78, 5) is 14.3. The monoisotopic (exact) mass is 337 g/mol. The van der Waals surface area contributed by atoms with Crippen LogP contribution < -0.4 is 15.4 Å².